The van der Waals surface area contributed by atoms with Crippen LogP contribution >= 0.6 is 0 Å². The zero-order chi connectivity index (χ0) is 16.8. The van der Waals surface area contributed by atoms with Crippen LogP contribution in [0.4, 0.5) is 5.95 Å². The van der Waals surface area contributed by atoms with E-state index in [0.29, 0.717) is 24.3 Å². The lowest BCUT2D eigenvalue weighted by Crippen LogP contribution is -2.38. The molecule has 0 spiro atoms. The van der Waals surface area contributed by atoms with Crippen molar-refractivity contribution in [3.05, 3.63) is 36.2 Å². The predicted molar refractivity (Wildman–Crippen MR) is 89.4 cm³/mol. The summed E-state index contributed by atoms with van der Waals surface area (Å²) in [7, 11) is 3.17. The zero-order valence-corrected chi connectivity index (χ0v) is 14.0. The molecular formula is C17H22N4O3. The van der Waals surface area contributed by atoms with Gasteiger partial charge in [-0.3, -0.25) is 4.98 Å². The van der Waals surface area contributed by atoms with Crippen LogP contribution in [0.3, 0.4) is 0 Å². The van der Waals surface area contributed by atoms with Crippen molar-refractivity contribution in [2.24, 2.45) is 0 Å². The summed E-state index contributed by atoms with van der Waals surface area (Å²) >= 11 is 0. The van der Waals surface area contributed by atoms with Gasteiger partial charge in [0.15, 0.2) is 0 Å². The van der Waals surface area contributed by atoms with Gasteiger partial charge in [0.25, 0.3) is 0 Å². The average molecular weight is 330 g/mol. The maximum atomic E-state index is 5.99. The standard InChI is InChI=1S/C17H22N4O3/c1-22-15-10-16(23-2)20-17(19-15)21-8-5-14(6-9-21)24-12-13-4-3-7-18-11-13/h3-4,7,10-11,14H,5-6,8-9,12H2,1-2H3. The molecule has 2 aromatic rings. The first-order valence-corrected chi connectivity index (χ1v) is 8.01. The van der Waals surface area contributed by atoms with E-state index in [2.05, 4.69) is 19.9 Å². The highest BCUT2D eigenvalue weighted by atomic mass is 16.5. The van der Waals surface area contributed by atoms with Crippen LogP contribution in [0.5, 0.6) is 11.8 Å². The highest BCUT2D eigenvalue weighted by molar-refractivity contribution is 5.37. The summed E-state index contributed by atoms with van der Waals surface area (Å²) in [5.41, 5.74) is 1.10. The monoisotopic (exact) mass is 330 g/mol. The van der Waals surface area contributed by atoms with Gasteiger partial charge in [-0.05, 0) is 24.5 Å². The minimum Gasteiger partial charge on any atom is -0.481 e. The Morgan fingerprint density at radius 3 is 2.42 bits per heavy atom. The van der Waals surface area contributed by atoms with Gasteiger partial charge in [0.05, 0.1) is 33.0 Å². The molecule has 7 heteroatoms. The Hall–Kier alpha value is -2.41. The number of nitrogens with zero attached hydrogens (tertiary/aromatic N) is 4. The summed E-state index contributed by atoms with van der Waals surface area (Å²) in [5.74, 6) is 1.65. The lowest BCUT2D eigenvalue weighted by Gasteiger charge is -2.32. The molecule has 1 aliphatic rings. The number of hydrogen-bond donors (Lipinski definition) is 0. The second-order valence-electron chi connectivity index (χ2n) is 5.61. The topological polar surface area (TPSA) is 69.6 Å². The molecule has 0 radical (unpaired) electrons. The van der Waals surface area contributed by atoms with E-state index >= 15 is 0 Å². The van der Waals surface area contributed by atoms with Gasteiger partial charge in [-0.15, -0.1) is 0 Å². The first-order chi connectivity index (χ1) is 11.8. The molecule has 0 saturated carbocycles. The van der Waals surface area contributed by atoms with Crippen molar-refractivity contribution in [1.29, 1.82) is 0 Å². The number of methoxy groups -OCH3 is 2. The van der Waals surface area contributed by atoms with Gasteiger partial charge in [0.2, 0.25) is 17.7 Å². The Balaban J connectivity index is 1.55. The van der Waals surface area contributed by atoms with Crippen LogP contribution in [0.15, 0.2) is 30.6 Å². The van der Waals surface area contributed by atoms with E-state index in [1.165, 1.54) is 0 Å². The number of rotatable bonds is 6. The highest BCUT2D eigenvalue weighted by Gasteiger charge is 2.22. The highest BCUT2D eigenvalue weighted by Crippen LogP contribution is 2.24. The molecule has 0 bridgehead atoms. The maximum absolute atomic E-state index is 5.99. The Morgan fingerprint density at radius 2 is 1.83 bits per heavy atom. The molecular weight excluding hydrogens is 308 g/mol. The SMILES string of the molecule is COc1cc(OC)nc(N2CCC(OCc3cccnc3)CC2)n1. The Labute approximate surface area is 141 Å². The van der Waals surface area contributed by atoms with Gasteiger partial charge >= 0.3 is 0 Å². The molecule has 0 unspecified atom stereocenters. The third kappa shape index (κ3) is 4.11. The number of anilines is 1. The normalized spacial score (nSPS) is 15.3. The minimum atomic E-state index is 0.244. The summed E-state index contributed by atoms with van der Waals surface area (Å²) in [6.07, 6.45) is 5.72. The van der Waals surface area contributed by atoms with Crippen molar-refractivity contribution in [3.8, 4) is 11.8 Å². The van der Waals surface area contributed by atoms with Crippen molar-refractivity contribution in [3.63, 3.8) is 0 Å². The smallest absolute Gasteiger partial charge is 0.231 e. The lowest BCUT2D eigenvalue weighted by molar-refractivity contribution is 0.0248. The third-order valence-electron chi connectivity index (χ3n) is 4.02. The zero-order valence-electron chi connectivity index (χ0n) is 14.0. The first kappa shape index (κ1) is 16.4. The number of aromatic nitrogens is 3. The van der Waals surface area contributed by atoms with E-state index < -0.39 is 0 Å². The Kier molecular flexibility index (Phi) is 5.43. The largest absolute Gasteiger partial charge is 0.481 e. The molecule has 0 aliphatic carbocycles. The fraction of sp³-hybridized carbons (Fsp3) is 0.471. The van der Waals surface area contributed by atoms with Gasteiger partial charge in [-0.1, -0.05) is 6.07 Å². The van der Waals surface area contributed by atoms with Crippen LogP contribution in [-0.2, 0) is 11.3 Å². The van der Waals surface area contributed by atoms with E-state index in [1.807, 2.05) is 18.3 Å². The molecule has 128 valence electrons. The Bertz CT molecular complexity index is 623. The lowest BCUT2D eigenvalue weighted by atomic mass is 10.1. The van der Waals surface area contributed by atoms with Crippen LogP contribution in [0.2, 0.25) is 0 Å². The third-order valence-corrected chi connectivity index (χ3v) is 4.02. The van der Waals surface area contributed by atoms with E-state index in [0.717, 1.165) is 31.5 Å². The first-order valence-electron chi connectivity index (χ1n) is 8.01. The second-order valence-corrected chi connectivity index (χ2v) is 5.61. The van der Waals surface area contributed by atoms with Gasteiger partial charge in [-0.25, -0.2) is 0 Å². The van der Waals surface area contributed by atoms with Crippen molar-refractivity contribution in [2.75, 3.05) is 32.2 Å². The van der Waals surface area contributed by atoms with Gasteiger partial charge in [0, 0.05) is 25.5 Å². The van der Waals surface area contributed by atoms with Crippen LogP contribution in [-0.4, -0.2) is 48.4 Å². The van der Waals surface area contributed by atoms with Crippen LogP contribution in [0.25, 0.3) is 0 Å². The molecule has 2 aromatic heterocycles. The molecule has 0 atom stereocenters. The van der Waals surface area contributed by atoms with E-state index in [1.54, 1.807) is 26.5 Å². The predicted octanol–water partition coefficient (Wildman–Crippen LogP) is 2.07. The number of hydrogen-bond acceptors (Lipinski definition) is 7. The molecule has 0 amide bonds. The van der Waals surface area contributed by atoms with Gasteiger partial charge in [0.1, 0.15) is 0 Å². The van der Waals surface area contributed by atoms with Crippen molar-refractivity contribution in [2.45, 2.75) is 25.6 Å². The molecule has 1 saturated heterocycles. The maximum Gasteiger partial charge on any atom is 0.231 e. The number of pyridine rings is 1. The summed E-state index contributed by atoms with van der Waals surface area (Å²) in [6.45, 7) is 2.28. The van der Waals surface area contributed by atoms with Gasteiger partial charge < -0.3 is 19.1 Å². The number of ether oxygens (including phenoxy) is 3. The fourth-order valence-corrected chi connectivity index (χ4v) is 2.66. The second kappa shape index (κ2) is 7.92. The summed E-state index contributed by atoms with van der Waals surface area (Å²) in [4.78, 5) is 15.0. The molecule has 7 nitrogen and oxygen atoms in total. The Morgan fingerprint density at radius 1 is 1.12 bits per heavy atom. The van der Waals surface area contributed by atoms with Crippen molar-refractivity contribution < 1.29 is 14.2 Å². The molecule has 1 aliphatic heterocycles. The molecule has 24 heavy (non-hydrogen) atoms. The quantitative estimate of drug-likeness (QED) is 0.803. The molecule has 3 rings (SSSR count). The van der Waals surface area contributed by atoms with Gasteiger partial charge in [-0.2, -0.15) is 9.97 Å². The molecule has 1 fully saturated rings. The van der Waals surface area contributed by atoms with Crippen LogP contribution < -0.4 is 14.4 Å². The van der Waals surface area contributed by atoms with Crippen LogP contribution in [0.1, 0.15) is 18.4 Å². The van der Waals surface area contributed by atoms with E-state index in [4.69, 9.17) is 14.2 Å². The average Bonchev–Trinajstić information content (AvgIpc) is 2.67. The summed E-state index contributed by atoms with van der Waals surface area (Å²) in [5, 5.41) is 0. The summed E-state index contributed by atoms with van der Waals surface area (Å²) < 4.78 is 16.4. The minimum absolute atomic E-state index is 0.244. The fourth-order valence-electron chi connectivity index (χ4n) is 2.66. The molecule has 0 aromatic carbocycles. The molecule has 0 N–H and O–H groups in total. The van der Waals surface area contributed by atoms with Crippen LogP contribution in [0, 0.1) is 0 Å². The number of piperidine rings is 1. The van der Waals surface area contributed by atoms with Crippen molar-refractivity contribution in [1.82, 2.24) is 15.0 Å². The van der Waals surface area contributed by atoms with E-state index in [-0.39, 0.29) is 6.10 Å². The van der Waals surface area contributed by atoms with Crippen molar-refractivity contribution >= 4 is 5.95 Å². The molecule has 3 heterocycles. The van der Waals surface area contributed by atoms with E-state index in [9.17, 15) is 0 Å². The summed E-state index contributed by atoms with van der Waals surface area (Å²) in [6, 6.07) is 5.63.